The van der Waals surface area contributed by atoms with E-state index in [2.05, 4.69) is 0 Å². The number of rotatable bonds is 6. The van der Waals surface area contributed by atoms with Crippen LogP contribution in [0.3, 0.4) is 0 Å². The molecule has 0 aliphatic carbocycles. The molecule has 2 aromatic rings. The molecule has 0 spiro atoms. The minimum atomic E-state index is -3.81. The van der Waals surface area contributed by atoms with Gasteiger partial charge in [0.25, 0.3) is 0 Å². The summed E-state index contributed by atoms with van der Waals surface area (Å²) in [5, 5.41) is 0. The van der Waals surface area contributed by atoms with Gasteiger partial charge in [-0.05, 0) is 50.5 Å². The van der Waals surface area contributed by atoms with E-state index < -0.39 is 19.9 Å². The van der Waals surface area contributed by atoms with E-state index in [4.69, 9.17) is 0 Å². The Balaban J connectivity index is 2.35. The Kier molecular flexibility index (Phi) is 5.95. The second-order valence-electron chi connectivity index (χ2n) is 6.76. The molecule has 2 aromatic carbocycles. The number of likely N-dealkylation sites (N-methyl/N-ethyl adjacent to an activating group) is 1. The first kappa shape index (κ1) is 20.6. The van der Waals surface area contributed by atoms with E-state index in [1.54, 1.807) is 6.92 Å². The summed E-state index contributed by atoms with van der Waals surface area (Å²) in [7, 11) is -5.77. The molecule has 26 heavy (non-hydrogen) atoms. The SMILES string of the molecule is Cc1ccc(CC(C)N(C)S(=O)(=O)c2cc(S(C)(=O)=O)ccc2C)cc1. The van der Waals surface area contributed by atoms with Crippen LogP contribution < -0.4 is 0 Å². The molecule has 0 aliphatic heterocycles. The Hall–Kier alpha value is -1.70. The average Bonchev–Trinajstić information content (AvgIpc) is 2.55. The standard InChI is InChI=1S/C19H25NO4S2/c1-14-6-9-17(10-7-14)12-16(3)20(4)26(23,24)19-13-18(25(5,21)22)11-8-15(19)2/h6-11,13,16H,12H2,1-5H3. The van der Waals surface area contributed by atoms with Crippen LogP contribution in [0.1, 0.15) is 23.6 Å². The van der Waals surface area contributed by atoms with Crippen LogP contribution >= 0.6 is 0 Å². The van der Waals surface area contributed by atoms with Crippen LogP contribution in [0.25, 0.3) is 0 Å². The molecule has 0 saturated carbocycles. The molecule has 0 N–H and O–H groups in total. The van der Waals surface area contributed by atoms with Crippen LogP contribution in [0.2, 0.25) is 0 Å². The Bertz CT molecular complexity index is 994. The average molecular weight is 396 g/mol. The molecule has 0 radical (unpaired) electrons. The van der Waals surface area contributed by atoms with Gasteiger partial charge in [0.2, 0.25) is 10.0 Å². The van der Waals surface area contributed by atoms with Gasteiger partial charge in [-0.15, -0.1) is 0 Å². The van der Waals surface area contributed by atoms with E-state index in [9.17, 15) is 16.8 Å². The topological polar surface area (TPSA) is 71.5 Å². The fourth-order valence-electron chi connectivity index (χ4n) is 2.67. The number of sulfone groups is 1. The minimum absolute atomic E-state index is 0.00117. The summed E-state index contributed by atoms with van der Waals surface area (Å²) in [4.78, 5) is 0.0277. The highest BCUT2D eigenvalue weighted by atomic mass is 32.2. The van der Waals surface area contributed by atoms with Crippen molar-refractivity contribution < 1.29 is 16.8 Å². The number of hydrogen-bond donors (Lipinski definition) is 0. The highest BCUT2D eigenvalue weighted by Crippen LogP contribution is 2.25. The molecule has 7 heteroatoms. The van der Waals surface area contributed by atoms with Gasteiger partial charge in [-0.2, -0.15) is 4.31 Å². The molecule has 0 aliphatic rings. The molecule has 0 amide bonds. The third-order valence-electron chi connectivity index (χ3n) is 4.52. The number of aryl methyl sites for hydroxylation is 2. The molecule has 0 saturated heterocycles. The van der Waals surface area contributed by atoms with Crippen LogP contribution in [0.4, 0.5) is 0 Å². The van der Waals surface area contributed by atoms with Crippen molar-refractivity contribution in [2.75, 3.05) is 13.3 Å². The van der Waals surface area contributed by atoms with E-state index in [1.807, 2.05) is 38.1 Å². The molecular weight excluding hydrogens is 370 g/mol. The summed E-state index contributed by atoms with van der Waals surface area (Å²) in [6.45, 7) is 5.51. The van der Waals surface area contributed by atoms with Crippen molar-refractivity contribution >= 4 is 19.9 Å². The summed E-state index contributed by atoms with van der Waals surface area (Å²) >= 11 is 0. The molecule has 2 rings (SSSR count). The zero-order valence-corrected chi connectivity index (χ0v) is 17.4. The predicted octanol–water partition coefficient (Wildman–Crippen LogP) is 2.96. The normalized spacial score (nSPS) is 13.8. The minimum Gasteiger partial charge on any atom is -0.224 e. The van der Waals surface area contributed by atoms with Crippen LogP contribution in [-0.4, -0.2) is 40.5 Å². The molecule has 142 valence electrons. The fourth-order valence-corrected chi connectivity index (χ4v) is 5.01. The van der Waals surface area contributed by atoms with Crippen molar-refractivity contribution in [3.8, 4) is 0 Å². The maximum Gasteiger partial charge on any atom is 0.243 e. The molecule has 5 nitrogen and oxygen atoms in total. The second-order valence-corrected chi connectivity index (χ2v) is 10.7. The van der Waals surface area contributed by atoms with E-state index in [0.29, 0.717) is 12.0 Å². The quantitative estimate of drug-likeness (QED) is 0.754. The lowest BCUT2D eigenvalue weighted by atomic mass is 10.1. The number of hydrogen-bond acceptors (Lipinski definition) is 4. The lowest BCUT2D eigenvalue weighted by Crippen LogP contribution is -2.36. The van der Waals surface area contributed by atoms with Gasteiger partial charge < -0.3 is 0 Å². The third-order valence-corrected chi connectivity index (χ3v) is 7.74. The molecule has 0 fully saturated rings. The Morgan fingerprint density at radius 2 is 1.54 bits per heavy atom. The van der Waals surface area contributed by atoms with Crippen molar-refractivity contribution in [3.63, 3.8) is 0 Å². The Labute approximate surface area is 156 Å². The first-order valence-corrected chi connectivity index (χ1v) is 11.6. The largest absolute Gasteiger partial charge is 0.243 e. The summed E-state index contributed by atoms with van der Waals surface area (Å²) < 4.78 is 51.0. The van der Waals surface area contributed by atoms with E-state index in [1.165, 1.54) is 29.6 Å². The number of nitrogens with zero attached hydrogens (tertiary/aromatic N) is 1. The van der Waals surface area contributed by atoms with Gasteiger partial charge in [-0.25, -0.2) is 16.8 Å². The van der Waals surface area contributed by atoms with E-state index in [-0.39, 0.29) is 15.8 Å². The predicted molar refractivity (Wildman–Crippen MR) is 104 cm³/mol. The van der Waals surface area contributed by atoms with Crippen LogP contribution in [-0.2, 0) is 26.3 Å². The van der Waals surface area contributed by atoms with Gasteiger partial charge >= 0.3 is 0 Å². The zero-order valence-electron chi connectivity index (χ0n) is 15.7. The smallest absolute Gasteiger partial charge is 0.224 e. The highest BCUT2D eigenvalue weighted by Gasteiger charge is 2.28. The Morgan fingerprint density at radius 3 is 2.08 bits per heavy atom. The van der Waals surface area contributed by atoms with Crippen molar-refractivity contribution in [2.24, 2.45) is 0 Å². The number of benzene rings is 2. The number of sulfonamides is 1. The van der Waals surface area contributed by atoms with Gasteiger partial charge in [0.1, 0.15) is 0 Å². The van der Waals surface area contributed by atoms with Crippen molar-refractivity contribution in [1.29, 1.82) is 0 Å². The van der Waals surface area contributed by atoms with Gasteiger partial charge in [0.05, 0.1) is 9.79 Å². The summed E-state index contributed by atoms with van der Waals surface area (Å²) in [5.74, 6) is 0. The molecule has 0 heterocycles. The van der Waals surface area contributed by atoms with Crippen molar-refractivity contribution in [3.05, 3.63) is 59.2 Å². The molecule has 0 aromatic heterocycles. The monoisotopic (exact) mass is 395 g/mol. The molecule has 1 atom stereocenters. The lowest BCUT2D eigenvalue weighted by molar-refractivity contribution is 0.386. The summed E-state index contributed by atoms with van der Waals surface area (Å²) in [6.07, 6.45) is 1.64. The van der Waals surface area contributed by atoms with Gasteiger partial charge in [-0.3, -0.25) is 0 Å². The van der Waals surface area contributed by atoms with Gasteiger partial charge in [-0.1, -0.05) is 35.9 Å². The Morgan fingerprint density at radius 1 is 0.962 bits per heavy atom. The van der Waals surface area contributed by atoms with Gasteiger partial charge in [0, 0.05) is 19.3 Å². The first-order chi connectivity index (χ1) is 11.9. The van der Waals surface area contributed by atoms with Crippen LogP contribution in [0, 0.1) is 13.8 Å². The molecule has 1 unspecified atom stereocenters. The highest BCUT2D eigenvalue weighted by molar-refractivity contribution is 7.91. The van der Waals surface area contributed by atoms with E-state index >= 15 is 0 Å². The maximum atomic E-state index is 13.0. The van der Waals surface area contributed by atoms with Crippen LogP contribution in [0.5, 0.6) is 0 Å². The van der Waals surface area contributed by atoms with Gasteiger partial charge in [0.15, 0.2) is 9.84 Å². The second kappa shape index (κ2) is 7.50. The zero-order chi connectivity index (χ0) is 19.7. The van der Waals surface area contributed by atoms with Crippen LogP contribution in [0.15, 0.2) is 52.3 Å². The summed E-state index contributed by atoms with van der Waals surface area (Å²) in [6, 6.07) is 11.9. The first-order valence-electron chi connectivity index (χ1n) is 8.27. The fraction of sp³-hybridized carbons (Fsp3) is 0.368. The van der Waals surface area contributed by atoms with Crippen molar-refractivity contribution in [2.45, 2.75) is 43.0 Å². The molecular formula is C19H25NO4S2. The molecule has 0 bridgehead atoms. The maximum absolute atomic E-state index is 13.0. The third kappa shape index (κ3) is 4.52. The summed E-state index contributed by atoms with van der Waals surface area (Å²) in [5.41, 5.74) is 2.72. The van der Waals surface area contributed by atoms with Crippen molar-refractivity contribution in [1.82, 2.24) is 4.31 Å². The van der Waals surface area contributed by atoms with E-state index in [0.717, 1.165) is 17.4 Å². The lowest BCUT2D eigenvalue weighted by Gasteiger charge is -2.25.